The molecular weight excluding hydrogens is 202 g/mol. The summed E-state index contributed by atoms with van der Waals surface area (Å²) >= 11 is 0. The number of ether oxygens (including phenoxy) is 1. The summed E-state index contributed by atoms with van der Waals surface area (Å²) in [5.74, 6) is -0.142. The minimum absolute atomic E-state index is 0.00354. The predicted octanol–water partition coefficient (Wildman–Crippen LogP) is 2.63. The zero-order valence-corrected chi connectivity index (χ0v) is 10.6. The Bertz CT molecular complexity index is 218. The van der Waals surface area contributed by atoms with E-state index >= 15 is 0 Å². The molecule has 0 bridgehead atoms. The van der Waals surface area contributed by atoms with E-state index in [1.807, 2.05) is 6.92 Å². The van der Waals surface area contributed by atoms with E-state index in [0.717, 1.165) is 38.5 Å². The van der Waals surface area contributed by atoms with Gasteiger partial charge in [0, 0.05) is 6.04 Å². The van der Waals surface area contributed by atoms with Gasteiger partial charge in [0.2, 0.25) is 0 Å². The average molecular weight is 227 g/mol. The summed E-state index contributed by atoms with van der Waals surface area (Å²) in [7, 11) is 0. The van der Waals surface area contributed by atoms with Crippen LogP contribution in [0.5, 0.6) is 0 Å². The maximum absolute atomic E-state index is 11.9. The normalized spacial score (nSPS) is 28.2. The van der Waals surface area contributed by atoms with Crippen LogP contribution < -0.4 is 5.73 Å². The second-order valence-electron chi connectivity index (χ2n) is 4.94. The Morgan fingerprint density at radius 2 is 2.06 bits per heavy atom. The van der Waals surface area contributed by atoms with Crippen LogP contribution in [0.15, 0.2) is 0 Å². The lowest BCUT2D eigenvalue weighted by Gasteiger charge is -2.22. The zero-order chi connectivity index (χ0) is 12.0. The third-order valence-electron chi connectivity index (χ3n) is 3.38. The standard InChI is InChI=1S/C13H25NO2/c1-3-7-10(2)16-13(15)11-8-5-4-6-9-12(11)14/h10-12H,3-9,14H2,1-2H3. The maximum Gasteiger partial charge on any atom is 0.310 e. The summed E-state index contributed by atoms with van der Waals surface area (Å²) < 4.78 is 5.44. The number of rotatable bonds is 4. The highest BCUT2D eigenvalue weighted by Gasteiger charge is 2.29. The molecule has 0 aliphatic heterocycles. The molecule has 0 radical (unpaired) electrons. The molecule has 0 spiro atoms. The van der Waals surface area contributed by atoms with Gasteiger partial charge in [0.1, 0.15) is 0 Å². The van der Waals surface area contributed by atoms with E-state index in [9.17, 15) is 4.79 Å². The van der Waals surface area contributed by atoms with Crippen LogP contribution >= 0.6 is 0 Å². The van der Waals surface area contributed by atoms with Crippen LogP contribution in [0.3, 0.4) is 0 Å². The molecule has 0 heterocycles. The molecule has 0 aromatic heterocycles. The molecule has 2 N–H and O–H groups in total. The van der Waals surface area contributed by atoms with Gasteiger partial charge in [-0.2, -0.15) is 0 Å². The van der Waals surface area contributed by atoms with E-state index in [0.29, 0.717) is 0 Å². The van der Waals surface area contributed by atoms with Gasteiger partial charge in [-0.3, -0.25) is 4.79 Å². The Balaban J connectivity index is 2.44. The fourth-order valence-electron chi connectivity index (χ4n) is 2.38. The van der Waals surface area contributed by atoms with Crippen LogP contribution in [0.1, 0.15) is 58.8 Å². The SMILES string of the molecule is CCCC(C)OC(=O)C1CCCCCC1N. The third kappa shape index (κ3) is 4.12. The second kappa shape index (κ2) is 6.89. The van der Waals surface area contributed by atoms with Crippen molar-refractivity contribution in [2.75, 3.05) is 0 Å². The van der Waals surface area contributed by atoms with Gasteiger partial charge in [0.05, 0.1) is 12.0 Å². The van der Waals surface area contributed by atoms with Gasteiger partial charge in [-0.15, -0.1) is 0 Å². The summed E-state index contributed by atoms with van der Waals surface area (Å²) in [5.41, 5.74) is 6.03. The monoisotopic (exact) mass is 227 g/mol. The van der Waals surface area contributed by atoms with Gasteiger partial charge in [0.15, 0.2) is 0 Å². The van der Waals surface area contributed by atoms with Gasteiger partial charge >= 0.3 is 5.97 Å². The van der Waals surface area contributed by atoms with Crippen molar-refractivity contribution in [3.63, 3.8) is 0 Å². The largest absolute Gasteiger partial charge is 0.462 e. The topological polar surface area (TPSA) is 52.3 Å². The highest BCUT2D eigenvalue weighted by atomic mass is 16.5. The van der Waals surface area contributed by atoms with E-state index in [2.05, 4.69) is 6.92 Å². The molecule has 3 atom stereocenters. The highest BCUT2D eigenvalue weighted by molar-refractivity contribution is 5.73. The summed E-state index contributed by atoms with van der Waals surface area (Å²) in [6, 6.07) is 0.00354. The molecule has 1 rings (SSSR count). The fraction of sp³-hybridized carbons (Fsp3) is 0.923. The predicted molar refractivity (Wildman–Crippen MR) is 65.0 cm³/mol. The Morgan fingerprint density at radius 3 is 2.75 bits per heavy atom. The first kappa shape index (κ1) is 13.5. The number of carbonyl (C=O) groups excluding carboxylic acids is 1. The first-order valence-electron chi connectivity index (χ1n) is 6.61. The molecule has 16 heavy (non-hydrogen) atoms. The summed E-state index contributed by atoms with van der Waals surface area (Å²) in [6.07, 6.45) is 7.33. The van der Waals surface area contributed by atoms with Gasteiger partial charge in [-0.1, -0.05) is 32.6 Å². The van der Waals surface area contributed by atoms with Gasteiger partial charge in [-0.25, -0.2) is 0 Å². The second-order valence-corrected chi connectivity index (χ2v) is 4.94. The van der Waals surface area contributed by atoms with E-state index in [-0.39, 0.29) is 24.0 Å². The summed E-state index contributed by atoms with van der Waals surface area (Å²) in [4.78, 5) is 11.9. The highest BCUT2D eigenvalue weighted by Crippen LogP contribution is 2.24. The van der Waals surface area contributed by atoms with Crippen LogP contribution in [0, 0.1) is 5.92 Å². The van der Waals surface area contributed by atoms with E-state index in [1.54, 1.807) is 0 Å². The van der Waals surface area contributed by atoms with Gasteiger partial charge < -0.3 is 10.5 Å². The van der Waals surface area contributed by atoms with Gasteiger partial charge in [-0.05, 0) is 26.2 Å². The molecule has 0 aromatic carbocycles. The lowest BCUT2D eigenvalue weighted by molar-refractivity contribution is -0.154. The molecule has 3 heteroatoms. The Hall–Kier alpha value is -0.570. The average Bonchev–Trinajstić information content (AvgIpc) is 2.43. The van der Waals surface area contributed by atoms with Crippen molar-refractivity contribution in [2.45, 2.75) is 70.9 Å². The molecule has 94 valence electrons. The van der Waals surface area contributed by atoms with E-state index < -0.39 is 0 Å². The Labute approximate surface area is 98.7 Å². The van der Waals surface area contributed by atoms with E-state index in [4.69, 9.17) is 10.5 Å². The first-order valence-corrected chi connectivity index (χ1v) is 6.61. The molecule has 3 unspecified atom stereocenters. The lowest BCUT2D eigenvalue weighted by atomic mass is 9.96. The van der Waals surface area contributed by atoms with Crippen molar-refractivity contribution in [2.24, 2.45) is 11.7 Å². The molecule has 3 nitrogen and oxygen atoms in total. The van der Waals surface area contributed by atoms with E-state index in [1.165, 1.54) is 6.42 Å². The van der Waals surface area contributed by atoms with Crippen molar-refractivity contribution in [1.82, 2.24) is 0 Å². The number of esters is 1. The lowest BCUT2D eigenvalue weighted by Crippen LogP contribution is -2.36. The molecule has 0 aromatic rings. The number of nitrogens with two attached hydrogens (primary N) is 1. The van der Waals surface area contributed by atoms with Crippen LogP contribution in [0.4, 0.5) is 0 Å². The van der Waals surface area contributed by atoms with Crippen molar-refractivity contribution in [3.05, 3.63) is 0 Å². The van der Waals surface area contributed by atoms with Crippen LogP contribution in [0.2, 0.25) is 0 Å². The fourth-order valence-corrected chi connectivity index (χ4v) is 2.38. The minimum Gasteiger partial charge on any atom is -0.462 e. The third-order valence-corrected chi connectivity index (χ3v) is 3.38. The first-order chi connectivity index (χ1) is 7.65. The number of carbonyl (C=O) groups is 1. The summed E-state index contributed by atoms with van der Waals surface area (Å²) in [5, 5.41) is 0. The summed E-state index contributed by atoms with van der Waals surface area (Å²) in [6.45, 7) is 4.06. The molecule has 1 aliphatic rings. The quantitative estimate of drug-likeness (QED) is 0.593. The van der Waals surface area contributed by atoms with Crippen LogP contribution in [-0.4, -0.2) is 18.1 Å². The number of hydrogen-bond acceptors (Lipinski definition) is 3. The van der Waals surface area contributed by atoms with Crippen LogP contribution in [-0.2, 0) is 9.53 Å². The molecule has 1 aliphatic carbocycles. The van der Waals surface area contributed by atoms with Crippen molar-refractivity contribution in [3.8, 4) is 0 Å². The van der Waals surface area contributed by atoms with Crippen molar-refractivity contribution < 1.29 is 9.53 Å². The van der Waals surface area contributed by atoms with Crippen molar-refractivity contribution >= 4 is 5.97 Å². The van der Waals surface area contributed by atoms with Gasteiger partial charge in [0.25, 0.3) is 0 Å². The minimum atomic E-state index is -0.0737. The van der Waals surface area contributed by atoms with Crippen molar-refractivity contribution in [1.29, 1.82) is 0 Å². The number of hydrogen-bond donors (Lipinski definition) is 1. The molecule has 0 saturated heterocycles. The zero-order valence-electron chi connectivity index (χ0n) is 10.6. The van der Waals surface area contributed by atoms with Crippen LogP contribution in [0.25, 0.3) is 0 Å². The molecule has 0 amide bonds. The Kier molecular flexibility index (Phi) is 5.81. The Morgan fingerprint density at radius 1 is 1.38 bits per heavy atom. The molecule has 1 fully saturated rings. The molecule has 1 saturated carbocycles. The maximum atomic E-state index is 11.9. The molecular formula is C13H25NO2. The smallest absolute Gasteiger partial charge is 0.310 e.